The quantitative estimate of drug-likeness (QED) is 0.0655. The molecule has 20 atom stereocenters. The van der Waals surface area contributed by atoms with E-state index < -0.39 is 60.9 Å². The van der Waals surface area contributed by atoms with E-state index in [1.165, 1.54) is 0 Å². The lowest BCUT2D eigenvalue weighted by Crippen LogP contribution is -2.55. The summed E-state index contributed by atoms with van der Waals surface area (Å²) in [7, 11) is 3.35. The van der Waals surface area contributed by atoms with Crippen LogP contribution in [-0.4, -0.2) is 130 Å². The number of rotatable bonds is 12. The van der Waals surface area contributed by atoms with E-state index in [4.69, 9.17) is 56.3 Å². The summed E-state index contributed by atoms with van der Waals surface area (Å²) in [6.45, 7) is 17.0. The number of allylic oxidation sites excluding steroid dienone is 2. The smallest absolute Gasteiger partial charge is 0.313 e. The first-order chi connectivity index (χ1) is 31.2. The highest BCUT2D eigenvalue weighted by Crippen LogP contribution is 2.45. The summed E-state index contributed by atoms with van der Waals surface area (Å²) in [5.41, 5.74) is 2.99. The number of aliphatic hydroxyl groups excluding tert-OH is 1. The third kappa shape index (κ3) is 11.7. The van der Waals surface area contributed by atoms with E-state index in [1.54, 1.807) is 14.2 Å². The number of fused-ring (bicyclic) bond motifs is 2. The van der Waals surface area contributed by atoms with Gasteiger partial charge in [-0.05, 0) is 82.2 Å². The maximum absolute atomic E-state index is 14.5. The molecule has 2 bridgehead atoms. The molecule has 7 rings (SSSR count). The number of methoxy groups -OCH3 is 2. The summed E-state index contributed by atoms with van der Waals surface area (Å²) in [4.78, 5) is 14.5. The van der Waals surface area contributed by atoms with Crippen LogP contribution in [0.25, 0.3) is 0 Å². The SMILES string of the molecule is CCCC(C)C1OC2(C=C[C@@H]1C)CC1CC(C/C=C(\C)[C@@H](O[C@H]3CC(OC)[C@@H](O[C@H]4CC(O)[C@@H](OCOS)C(C)O4)C(C)O3)[C@@H](C)/C=C/C=C3\COC4C(OC)C(C)=C[C@@H](C(=O)O1)C34)O2. The minimum absolute atomic E-state index is 0.0377. The van der Waals surface area contributed by atoms with Crippen molar-refractivity contribution in [1.29, 1.82) is 0 Å². The molecule has 15 heteroatoms. The maximum Gasteiger partial charge on any atom is 0.313 e. The monoisotopic (exact) mass is 932 g/mol. The van der Waals surface area contributed by atoms with E-state index in [1.807, 2.05) is 26.8 Å². The Kier molecular flexibility index (Phi) is 17.7. The van der Waals surface area contributed by atoms with Gasteiger partial charge in [-0.1, -0.05) is 70.6 Å². The van der Waals surface area contributed by atoms with Gasteiger partial charge in [0, 0.05) is 57.7 Å². The predicted octanol–water partition coefficient (Wildman–Crippen LogP) is 7.50. The van der Waals surface area contributed by atoms with Crippen LogP contribution in [0.4, 0.5) is 0 Å². The molecule has 4 fully saturated rings. The van der Waals surface area contributed by atoms with Crippen LogP contribution in [0.1, 0.15) is 100 Å². The summed E-state index contributed by atoms with van der Waals surface area (Å²) < 4.78 is 75.5. The van der Waals surface area contributed by atoms with Gasteiger partial charge >= 0.3 is 5.97 Å². The van der Waals surface area contributed by atoms with Gasteiger partial charge < -0.3 is 57.2 Å². The molecule has 0 radical (unpaired) electrons. The average Bonchev–Trinajstić information content (AvgIpc) is 3.68. The summed E-state index contributed by atoms with van der Waals surface area (Å²) in [5.74, 6) is -1.64. The number of thiol groups is 1. The van der Waals surface area contributed by atoms with Gasteiger partial charge in [0.25, 0.3) is 0 Å². The van der Waals surface area contributed by atoms with Crippen LogP contribution in [0.5, 0.6) is 0 Å². The first kappa shape index (κ1) is 50.9. The highest BCUT2D eigenvalue weighted by molar-refractivity contribution is 7.75. The lowest BCUT2D eigenvalue weighted by atomic mass is 9.74. The molecule has 14 nitrogen and oxygen atoms in total. The fraction of sp³-hybridized carbons (Fsp3) is 0.780. The van der Waals surface area contributed by atoms with Crippen LogP contribution >= 0.6 is 12.9 Å². The topological polar surface area (TPSA) is 148 Å². The Morgan fingerprint density at radius 1 is 0.908 bits per heavy atom. The lowest BCUT2D eigenvalue weighted by molar-refractivity contribution is -0.321. The van der Waals surface area contributed by atoms with E-state index in [0.29, 0.717) is 38.2 Å². The van der Waals surface area contributed by atoms with Crippen molar-refractivity contribution in [3.05, 3.63) is 59.3 Å². The standard InChI is InChI=1S/C50H76O14S/c1-11-13-27(2)44-30(5)18-19-50(64-44)24-36-21-35(63-50)17-16-29(4)43(28(3)14-12-15-34-25-55-48-42(34)37(49(52)60-36)20-31(6)45(48)54-10)61-41-23-39(53-9)47(33(8)59-41)62-40-22-38(51)46(32(7)58-40)56-26-57-65/h12,14-16,18-20,27-28,30,32-33,35-48,51,65H,11,13,17,21-26H2,1-10H3/b14-12+,29-16+,34-15+/t27?,28-,30-,32?,33?,35?,36?,37+,38?,39?,40-,41-,42?,43-,44?,45?,46-,47-,48?,50?/m0/s1. The fourth-order valence-electron chi connectivity index (χ4n) is 11.4. The highest BCUT2D eigenvalue weighted by atomic mass is 32.1. The number of hydrogen-bond donors (Lipinski definition) is 2. The van der Waals surface area contributed by atoms with Crippen molar-refractivity contribution in [3.63, 3.8) is 0 Å². The highest BCUT2D eigenvalue weighted by Gasteiger charge is 2.52. The minimum Gasteiger partial charge on any atom is -0.462 e. The van der Waals surface area contributed by atoms with Gasteiger partial charge in [0.15, 0.2) is 25.2 Å². The van der Waals surface area contributed by atoms with Crippen molar-refractivity contribution in [1.82, 2.24) is 0 Å². The number of hydrogen-bond acceptors (Lipinski definition) is 15. The summed E-state index contributed by atoms with van der Waals surface area (Å²) in [6, 6.07) is 0. The molecule has 7 aliphatic rings. The number of carbonyl (C=O) groups excluding carboxylic acids is 1. The molecular formula is C50H76O14S. The van der Waals surface area contributed by atoms with Crippen LogP contribution in [0, 0.1) is 29.6 Å². The molecule has 65 heavy (non-hydrogen) atoms. The molecule has 0 saturated carbocycles. The molecule has 6 heterocycles. The van der Waals surface area contributed by atoms with Gasteiger partial charge in [-0.25, -0.2) is 0 Å². The van der Waals surface area contributed by atoms with Crippen molar-refractivity contribution >= 4 is 18.9 Å². The Labute approximate surface area is 392 Å². The summed E-state index contributed by atoms with van der Waals surface area (Å²) in [6.07, 6.45) is 12.7. The molecule has 1 N–H and O–H groups in total. The third-order valence-corrected chi connectivity index (χ3v) is 14.8. The molecule has 0 aromatic rings. The van der Waals surface area contributed by atoms with Gasteiger partial charge in [-0.2, -0.15) is 0 Å². The predicted molar refractivity (Wildman–Crippen MR) is 244 cm³/mol. The zero-order valence-corrected chi connectivity index (χ0v) is 41.0. The third-order valence-electron chi connectivity index (χ3n) is 14.7. The molecule has 0 aromatic heterocycles. The maximum atomic E-state index is 14.5. The van der Waals surface area contributed by atoms with Crippen molar-refractivity contribution in [2.45, 2.75) is 192 Å². The van der Waals surface area contributed by atoms with Crippen LogP contribution in [0.3, 0.4) is 0 Å². The summed E-state index contributed by atoms with van der Waals surface area (Å²) in [5, 5.41) is 10.9. The normalized spacial score (nSPS) is 46.3. The number of aliphatic hydroxyl groups is 1. The van der Waals surface area contributed by atoms with Crippen molar-refractivity contribution in [3.8, 4) is 0 Å². The molecule has 1 aliphatic carbocycles. The molecular weight excluding hydrogens is 857 g/mol. The van der Waals surface area contributed by atoms with Gasteiger partial charge in [0.2, 0.25) is 0 Å². The average molecular weight is 933 g/mol. The van der Waals surface area contributed by atoms with Gasteiger partial charge in [0.05, 0.1) is 61.4 Å². The minimum atomic E-state index is -1.04. The van der Waals surface area contributed by atoms with E-state index in [2.05, 4.69) is 84.0 Å². The van der Waals surface area contributed by atoms with Gasteiger partial charge in [-0.3, -0.25) is 8.98 Å². The number of esters is 1. The zero-order valence-electron chi connectivity index (χ0n) is 40.1. The van der Waals surface area contributed by atoms with E-state index in [-0.39, 0.29) is 73.6 Å². The molecule has 12 unspecified atom stereocenters. The number of carbonyl (C=O) groups is 1. The molecule has 4 saturated heterocycles. The molecule has 6 aliphatic heterocycles. The molecule has 366 valence electrons. The Bertz CT molecular complexity index is 1740. The second-order valence-electron chi connectivity index (χ2n) is 19.6. The zero-order chi connectivity index (χ0) is 46.6. The second kappa shape index (κ2) is 22.6. The van der Waals surface area contributed by atoms with E-state index in [9.17, 15) is 9.90 Å². The van der Waals surface area contributed by atoms with Gasteiger partial charge in [-0.15, -0.1) is 0 Å². The Balaban J connectivity index is 1.15. The largest absolute Gasteiger partial charge is 0.462 e. The first-order valence-corrected chi connectivity index (χ1v) is 24.4. The van der Waals surface area contributed by atoms with Crippen molar-refractivity contribution in [2.24, 2.45) is 29.6 Å². The Morgan fingerprint density at radius 3 is 2.37 bits per heavy atom. The van der Waals surface area contributed by atoms with E-state index >= 15 is 0 Å². The number of ether oxygens (including phenoxy) is 11. The molecule has 0 aromatic carbocycles. The van der Waals surface area contributed by atoms with Crippen LogP contribution in [0.2, 0.25) is 0 Å². The van der Waals surface area contributed by atoms with Crippen molar-refractivity contribution < 1.29 is 66.2 Å². The lowest BCUT2D eigenvalue weighted by Gasteiger charge is -2.48. The second-order valence-corrected chi connectivity index (χ2v) is 19.8. The van der Waals surface area contributed by atoms with Crippen molar-refractivity contribution in [2.75, 3.05) is 27.6 Å². The molecule has 0 amide bonds. The Morgan fingerprint density at radius 2 is 1.66 bits per heavy atom. The summed E-state index contributed by atoms with van der Waals surface area (Å²) >= 11 is 3.74. The van der Waals surface area contributed by atoms with Gasteiger partial charge in [0.1, 0.15) is 24.4 Å². The van der Waals surface area contributed by atoms with Crippen LogP contribution in [-0.2, 0) is 61.1 Å². The molecule has 1 spiro atoms. The first-order valence-electron chi connectivity index (χ1n) is 24.0. The fourth-order valence-corrected chi connectivity index (χ4v) is 11.4. The van der Waals surface area contributed by atoms with Crippen LogP contribution < -0.4 is 0 Å². The Hall–Kier alpha value is -1.96. The van der Waals surface area contributed by atoms with Crippen LogP contribution in [0.15, 0.2) is 59.3 Å². The van der Waals surface area contributed by atoms with E-state index in [0.717, 1.165) is 29.6 Å².